The van der Waals surface area contributed by atoms with Gasteiger partial charge in [0.15, 0.2) is 0 Å². The number of halogens is 1. The highest BCUT2D eigenvalue weighted by molar-refractivity contribution is 6.30. The Bertz CT molecular complexity index is 669. The van der Waals surface area contributed by atoms with E-state index < -0.39 is 6.10 Å². The highest BCUT2D eigenvalue weighted by atomic mass is 35.5. The van der Waals surface area contributed by atoms with Gasteiger partial charge in [-0.15, -0.1) is 0 Å². The molecule has 0 aliphatic carbocycles. The molecule has 0 spiro atoms. The second kappa shape index (κ2) is 6.51. The van der Waals surface area contributed by atoms with Crippen LogP contribution in [0.3, 0.4) is 0 Å². The molecule has 4 heteroatoms. The summed E-state index contributed by atoms with van der Waals surface area (Å²) in [7, 11) is 0. The van der Waals surface area contributed by atoms with Crippen LogP contribution in [0.15, 0.2) is 48.5 Å². The quantitative estimate of drug-likeness (QED) is 0.943. The molecule has 22 heavy (non-hydrogen) atoms. The molecule has 2 aromatic rings. The van der Waals surface area contributed by atoms with Gasteiger partial charge in [-0.2, -0.15) is 0 Å². The van der Waals surface area contributed by atoms with Gasteiger partial charge in [0, 0.05) is 18.1 Å². The van der Waals surface area contributed by atoms with Crippen molar-refractivity contribution in [2.45, 2.75) is 25.5 Å². The minimum atomic E-state index is -0.790. The Hall–Kier alpha value is -1.84. The number of rotatable bonds is 3. The minimum absolute atomic E-state index is 0.0167. The molecule has 1 atom stereocenters. The number of aliphatic hydroxyl groups is 1. The highest BCUT2D eigenvalue weighted by Gasteiger charge is 2.22. The molecule has 1 amide bonds. The normalized spacial score (nSPS) is 15.3. The minimum Gasteiger partial charge on any atom is -0.388 e. The second-order valence-electron chi connectivity index (χ2n) is 5.61. The smallest absolute Gasteiger partial charge is 0.225 e. The van der Waals surface area contributed by atoms with Crippen LogP contribution in [-0.4, -0.2) is 22.5 Å². The predicted octanol–water partition coefficient (Wildman–Crippen LogP) is 3.35. The van der Waals surface area contributed by atoms with Crippen LogP contribution in [0, 0.1) is 0 Å². The standard InChI is InChI=1S/C18H18ClNO2/c19-16-7-5-14(6-8-16)17(21)11-18(22)20-10-9-13-3-1-2-4-15(13)12-20/h1-8,17,21H,9-12H2. The molecule has 3 rings (SSSR count). The van der Waals surface area contributed by atoms with Gasteiger partial charge in [-0.3, -0.25) is 4.79 Å². The molecule has 2 aromatic carbocycles. The van der Waals surface area contributed by atoms with Crippen LogP contribution in [0.25, 0.3) is 0 Å². The fourth-order valence-corrected chi connectivity index (χ4v) is 2.93. The zero-order valence-electron chi connectivity index (χ0n) is 12.2. The van der Waals surface area contributed by atoms with Gasteiger partial charge in [-0.25, -0.2) is 0 Å². The van der Waals surface area contributed by atoms with Gasteiger partial charge >= 0.3 is 0 Å². The van der Waals surface area contributed by atoms with E-state index in [4.69, 9.17) is 11.6 Å². The van der Waals surface area contributed by atoms with Crippen molar-refractivity contribution in [2.24, 2.45) is 0 Å². The van der Waals surface area contributed by atoms with E-state index in [1.807, 2.05) is 17.0 Å². The van der Waals surface area contributed by atoms with E-state index in [0.29, 0.717) is 18.1 Å². The van der Waals surface area contributed by atoms with Crippen molar-refractivity contribution in [1.29, 1.82) is 0 Å². The SMILES string of the molecule is O=C(CC(O)c1ccc(Cl)cc1)N1CCc2ccccc2C1. The van der Waals surface area contributed by atoms with Crippen LogP contribution in [0.4, 0.5) is 0 Å². The molecule has 0 saturated heterocycles. The number of amides is 1. The summed E-state index contributed by atoms with van der Waals surface area (Å²) >= 11 is 5.83. The monoisotopic (exact) mass is 315 g/mol. The maximum Gasteiger partial charge on any atom is 0.225 e. The topological polar surface area (TPSA) is 40.5 Å². The number of hydrogen-bond donors (Lipinski definition) is 1. The largest absolute Gasteiger partial charge is 0.388 e. The molecule has 114 valence electrons. The van der Waals surface area contributed by atoms with Crippen molar-refractivity contribution < 1.29 is 9.90 Å². The van der Waals surface area contributed by atoms with Crippen LogP contribution in [-0.2, 0) is 17.8 Å². The van der Waals surface area contributed by atoms with E-state index in [1.54, 1.807) is 24.3 Å². The molecule has 1 aliphatic rings. The zero-order chi connectivity index (χ0) is 15.5. The van der Waals surface area contributed by atoms with Crippen molar-refractivity contribution in [3.05, 3.63) is 70.2 Å². The van der Waals surface area contributed by atoms with E-state index in [9.17, 15) is 9.90 Å². The summed E-state index contributed by atoms with van der Waals surface area (Å²) in [6.45, 7) is 1.34. The van der Waals surface area contributed by atoms with E-state index in [-0.39, 0.29) is 12.3 Å². The first-order valence-corrected chi connectivity index (χ1v) is 7.79. The summed E-state index contributed by atoms with van der Waals surface area (Å²) in [4.78, 5) is 14.2. The lowest BCUT2D eigenvalue weighted by molar-refractivity contribution is -0.134. The van der Waals surface area contributed by atoms with Gasteiger partial charge in [0.2, 0.25) is 5.91 Å². The first-order chi connectivity index (χ1) is 10.6. The summed E-state index contributed by atoms with van der Waals surface area (Å²) in [6, 6.07) is 15.2. The average molecular weight is 316 g/mol. The van der Waals surface area contributed by atoms with Gasteiger partial charge in [0.05, 0.1) is 12.5 Å². The summed E-state index contributed by atoms with van der Waals surface area (Å²) in [5.74, 6) is -0.0167. The fourth-order valence-electron chi connectivity index (χ4n) is 2.81. The Morgan fingerprint density at radius 2 is 1.82 bits per heavy atom. The summed E-state index contributed by atoms with van der Waals surface area (Å²) in [5.41, 5.74) is 3.23. The van der Waals surface area contributed by atoms with E-state index >= 15 is 0 Å². The van der Waals surface area contributed by atoms with Crippen LogP contribution in [0.2, 0.25) is 5.02 Å². The van der Waals surface area contributed by atoms with Crippen molar-refractivity contribution in [1.82, 2.24) is 4.90 Å². The molecule has 0 aromatic heterocycles. The Balaban J connectivity index is 1.64. The second-order valence-corrected chi connectivity index (χ2v) is 6.04. The zero-order valence-corrected chi connectivity index (χ0v) is 13.0. The molecule has 0 saturated carbocycles. The molecular weight excluding hydrogens is 298 g/mol. The Morgan fingerprint density at radius 1 is 1.14 bits per heavy atom. The lowest BCUT2D eigenvalue weighted by Crippen LogP contribution is -2.36. The molecule has 1 aliphatic heterocycles. The fraction of sp³-hybridized carbons (Fsp3) is 0.278. The number of carbonyl (C=O) groups is 1. The molecule has 1 unspecified atom stereocenters. The van der Waals surface area contributed by atoms with Gasteiger partial charge < -0.3 is 10.0 Å². The maximum absolute atomic E-state index is 12.4. The third-order valence-corrected chi connectivity index (χ3v) is 4.36. The number of fused-ring (bicyclic) bond motifs is 1. The maximum atomic E-state index is 12.4. The summed E-state index contributed by atoms with van der Waals surface area (Å²) < 4.78 is 0. The number of aliphatic hydroxyl groups excluding tert-OH is 1. The first kappa shape index (κ1) is 15.1. The van der Waals surface area contributed by atoms with Crippen LogP contribution in [0.5, 0.6) is 0 Å². The lowest BCUT2D eigenvalue weighted by atomic mass is 9.99. The van der Waals surface area contributed by atoms with Crippen LogP contribution < -0.4 is 0 Å². The van der Waals surface area contributed by atoms with Gasteiger partial charge in [-0.05, 0) is 35.2 Å². The van der Waals surface area contributed by atoms with Crippen LogP contribution in [0.1, 0.15) is 29.2 Å². The van der Waals surface area contributed by atoms with Gasteiger partial charge in [0.1, 0.15) is 0 Å². The number of carbonyl (C=O) groups excluding carboxylic acids is 1. The third kappa shape index (κ3) is 3.32. The Kier molecular flexibility index (Phi) is 4.46. The number of benzene rings is 2. The van der Waals surface area contributed by atoms with Gasteiger partial charge in [-0.1, -0.05) is 48.0 Å². The average Bonchev–Trinajstić information content (AvgIpc) is 2.55. The number of nitrogens with zero attached hydrogens (tertiary/aromatic N) is 1. The van der Waals surface area contributed by atoms with Crippen molar-refractivity contribution in [3.8, 4) is 0 Å². The van der Waals surface area contributed by atoms with Crippen molar-refractivity contribution in [3.63, 3.8) is 0 Å². The summed E-state index contributed by atoms with van der Waals surface area (Å²) in [6.07, 6.45) is 0.185. The molecule has 3 nitrogen and oxygen atoms in total. The highest BCUT2D eigenvalue weighted by Crippen LogP contribution is 2.23. The lowest BCUT2D eigenvalue weighted by Gasteiger charge is -2.29. The van der Waals surface area contributed by atoms with E-state index in [0.717, 1.165) is 12.0 Å². The van der Waals surface area contributed by atoms with Crippen molar-refractivity contribution >= 4 is 17.5 Å². The molecule has 0 bridgehead atoms. The van der Waals surface area contributed by atoms with Crippen molar-refractivity contribution in [2.75, 3.05) is 6.54 Å². The van der Waals surface area contributed by atoms with E-state index in [2.05, 4.69) is 12.1 Å². The van der Waals surface area contributed by atoms with Crippen LogP contribution >= 0.6 is 11.6 Å². The molecule has 0 radical (unpaired) electrons. The van der Waals surface area contributed by atoms with Gasteiger partial charge in [0.25, 0.3) is 0 Å². The number of hydrogen-bond acceptors (Lipinski definition) is 2. The molecular formula is C18H18ClNO2. The Morgan fingerprint density at radius 3 is 2.55 bits per heavy atom. The summed E-state index contributed by atoms with van der Waals surface area (Å²) in [5, 5.41) is 10.8. The third-order valence-electron chi connectivity index (χ3n) is 4.11. The first-order valence-electron chi connectivity index (χ1n) is 7.41. The predicted molar refractivity (Wildman–Crippen MR) is 86.6 cm³/mol. The molecule has 1 heterocycles. The molecule has 1 N–H and O–H groups in total. The molecule has 0 fully saturated rings. The van der Waals surface area contributed by atoms with E-state index in [1.165, 1.54) is 11.1 Å². The Labute approximate surface area is 135 Å².